The van der Waals surface area contributed by atoms with Crippen molar-refractivity contribution >= 4 is 5.91 Å². The second kappa shape index (κ2) is 5.29. The summed E-state index contributed by atoms with van der Waals surface area (Å²) in [5.41, 5.74) is 0. The lowest BCUT2D eigenvalue weighted by atomic mass is 10.3. The van der Waals surface area contributed by atoms with E-state index < -0.39 is 18.4 Å². The Bertz CT molecular complexity index is 211. The van der Waals surface area contributed by atoms with Crippen LogP contribution >= 0.6 is 0 Å². The first-order valence-corrected chi connectivity index (χ1v) is 3.64. The molecule has 0 saturated heterocycles. The van der Waals surface area contributed by atoms with Crippen LogP contribution in [0.15, 0.2) is 38.0 Å². The molecule has 0 aromatic carbocycles. The van der Waals surface area contributed by atoms with Gasteiger partial charge in [-0.3, -0.25) is 9.69 Å². The molecule has 0 radical (unpaired) electrons. The van der Waals surface area contributed by atoms with Crippen molar-refractivity contribution in [3.63, 3.8) is 0 Å². The third-order valence-corrected chi connectivity index (χ3v) is 1.42. The van der Waals surface area contributed by atoms with Crippen molar-refractivity contribution in [2.45, 2.75) is 12.5 Å². The molecule has 2 atom stereocenters. The van der Waals surface area contributed by atoms with E-state index in [1.807, 2.05) is 0 Å². The molecular formula is C9H13NO3. The predicted octanol–water partition coefficient (Wildman–Crippen LogP) is 0.00980. The van der Waals surface area contributed by atoms with Crippen molar-refractivity contribution in [1.29, 1.82) is 0 Å². The zero-order valence-electron chi connectivity index (χ0n) is 7.26. The Hall–Kier alpha value is -1.39. The van der Waals surface area contributed by atoms with Crippen molar-refractivity contribution in [2.24, 2.45) is 0 Å². The van der Waals surface area contributed by atoms with Gasteiger partial charge in [-0.25, -0.2) is 0 Å². The Kier molecular flexibility index (Phi) is 4.72. The third-order valence-electron chi connectivity index (χ3n) is 1.42. The van der Waals surface area contributed by atoms with Crippen molar-refractivity contribution in [2.75, 3.05) is 0 Å². The van der Waals surface area contributed by atoms with Gasteiger partial charge in [-0.05, 0) is 18.2 Å². The topological polar surface area (TPSA) is 60.8 Å². The van der Waals surface area contributed by atoms with E-state index in [2.05, 4.69) is 19.7 Å². The van der Waals surface area contributed by atoms with Crippen LogP contribution < -0.4 is 0 Å². The molecular weight excluding hydrogens is 170 g/mol. The van der Waals surface area contributed by atoms with Crippen LogP contribution in [-0.2, 0) is 4.79 Å². The molecule has 0 aromatic rings. The molecule has 0 aliphatic rings. The van der Waals surface area contributed by atoms with Crippen LogP contribution in [0.1, 0.15) is 0 Å². The molecule has 0 aliphatic heterocycles. The van der Waals surface area contributed by atoms with E-state index in [1.54, 1.807) is 0 Å². The largest absolute Gasteiger partial charge is 0.370 e. The van der Waals surface area contributed by atoms with Gasteiger partial charge in [0.25, 0.3) is 5.91 Å². The number of hydrogen-bond acceptors (Lipinski definition) is 3. The molecule has 1 amide bonds. The third kappa shape index (κ3) is 2.85. The summed E-state index contributed by atoms with van der Waals surface area (Å²) in [5, 5.41) is 18.5. The van der Waals surface area contributed by atoms with Gasteiger partial charge in [0.15, 0.2) is 12.5 Å². The summed E-state index contributed by atoms with van der Waals surface area (Å²) in [7, 11) is 0. The second-order valence-electron chi connectivity index (χ2n) is 2.25. The number of carbonyl (C=O) groups excluding carboxylic acids is 1. The normalized spacial score (nSPS) is 14.0. The lowest BCUT2D eigenvalue weighted by Gasteiger charge is -2.27. The standard InChI is InChI=1S/C9H13NO3/c1-4-7(11)10(8(12)5-2)9(13)6-3/h4-8,11-12H,1-3H2. The van der Waals surface area contributed by atoms with Gasteiger partial charge in [-0.15, -0.1) is 0 Å². The van der Waals surface area contributed by atoms with E-state index in [0.717, 1.165) is 23.1 Å². The number of rotatable bonds is 5. The number of amides is 1. The maximum atomic E-state index is 11.1. The molecule has 72 valence electrons. The minimum atomic E-state index is -1.25. The van der Waals surface area contributed by atoms with Crippen LogP contribution in [0.4, 0.5) is 0 Å². The first-order chi connectivity index (χ1) is 6.08. The first-order valence-electron chi connectivity index (χ1n) is 3.64. The second-order valence-corrected chi connectivity index (χ2v) is 2.25. The van der Waals surface area contributed by atoms with Crippen LogP contribution in [0, 0.1) is 0 Å². The zero-order valence-corrected chi connectivity index (χ0v) is 7.26. The monoisotopic (exact) mass is 183 g/mol. The van der Waals surface area contributed by atoms with Gasteiger partial charge in [0, 0.05) is 0 Å². The van der Waals surface area contributed by atoms with Gasteiger partial charge in [-0.1, -0.05) is 19.7 Å². The quantitative estimate of drug-likeness (QED) is 0.358. The zero-order chi connectivity index (χ0) is 10.4. The number of carbonyl (C=O) groups is 1. The van der Waals surface area contributed by atoms with E-state index in [4.69, 9.17) is 0 Å². The summed E-state index contributed by atoms with van der Waals surface area (Å²) in [6, 6.07) is 0. The van der Waals surface area contributed by atoms with Crippen LogP contribution in [0.5, 0.6) is 0 Å². The molecule has 13 heavy (non-hydrogen) atoms. The molecule has 0 aromatic heterocycles. The van der Waals surface area contributed by atoms with E-state index in [1.165, 1.54) is 0 Å². The number of nitrogens with zero attached hydrogens (tertiary/aromatic N) is 1. The Morgan fingerprint density at radius 2 is 1.54 bits per heavy atom. The fourth-order valence-corrected chi connectivity index (χ4v) is 0.750. The van der Waals surface area contributed by atoms with Gasteiger partial charge < -0.3 is 10.2 Å². The average Bonchev–Trinajstić information content (AvgIpc) is 2.16. The Morgan fingerprint density at radius 1 is 1.15 bits per heavy atom. The van der Waals surface area contributed by atoms with Crippen LogP contribution in [-0.4, -0.2) is 33.5 Å². The van der Waals surface area contributed by atoms with E-state index >= 15 is 0 Å². The van der Waals surface area contributed by atoms with Crippen molar-refractivity contribution in [3.8, 4) is 0 Å². The predicted molar refractivity (Wildman–Crippen MR) is 49.5 cm³/mol. The Balaban J connectivity index is 4.72. The SMILES string of the molecule is C=CC(=O)N(C(O)C=C)C(O)C=C. The molecule has 0 rings (SSSR count). The van der Waals surface area contributed by atoms with Gasteiger partial charge in [0.1, 0.15) is 0 Å². The van der Waals surface area contributed by atoms with Crippen LogP contribution in [0.25, 0.3) is 0 Å². The summed E-state index contributed by atoms with van der Waals surface area (Å²) in [4.78, 5) is 11.9. The minimum absolute atomic E-state index is 0.597. The van der Waals surface area contributed by atoms with E-state index in [0.29, 0.717) is 0 Å². The summed E-state index contributed by atoms with van der Waals surface area (Å²) in [6.07, 6.45) is 0.721. The molecule has 2 unspecified atom stereocenters. The van der Waals surface area contributed by atoms with E-state index in [-0.39, 0.29) is 0 Å². The molecule has 0 bridgehead atoms. The number of aliphatic hydroxyl groups is 2. The molecule has 4 nitrogen and oxygen atoms in total. The van der Waals surface area contributed by atoms with E-state index in [9.17, 15) is 15.0 Å². The summed E-state index contributed by atoms with van der Waals surface area (Å²) in [5.74, 6) is -0.597. The fraction of sp³-hybridized carbons (Fsp3) is 0.222. The van der Waals surface area contributed by atoms with Crippen molar-refractivity contribution in [3.05, 3.63) is 38.0 Å². The summed E-state index contributed by atoms with van der Waals surface area (Å²) < 4.78 is 0. The maximum absolute atomic E-state index is 11.1. The van der Waals surface area contributed by atoms with Gasteiger partial charge in [0.05, 0.1) is 0 Å². The molecule has 0 aliphatic carbocycles. The first kappa shape index (κ1) is 11.6. The maximum Gasteiger partial charge on any atom is 0.250 e. The summed E-state index contributed by atoms with van der Waals surface area (Å²) >= 11 is 0. The number of hydrogen-bond donors (Lipinski definition) is 2. The highest BCUT2D eigenvalue weighted by Gasteiger charge is 2.22. The van der Waals surface area contributed by atoms with Crippen molar-refractivity contribution < 1.29 is 15.0 Å². The fourth-order valence-electron chi connectivity index (χ4n) is 0.750. The molecule has 0 spiro atoms. The van der Waals surface area contributed by atoms with Crippen molar-refractivity contribution in [1.82, 2.24) is 4.90 Å². The lowest BCUT2D eigenvalue weighted by Crippen LogP contribution is -2.44. The Morgan fingerprint density at radius 3 is 1.77 bits per heavy atom. The van der Waals surface area contributed by atoms with Crippen LogP contribution in [0.2, 0.25) is 0 Å². The molecule has 2 N–H and O–H groups in total. The molecule has 0 fully saturated rings. The molecule has 0 saturated carbocycles. The highest BCUT2D eigenvalue weighted by molar-refractivity contribution is 5.87. The van der Waals surface area contributed by atoms with Gasteiger partial charge in [0.2, 0.25) is 0 Å². The average molecular weight is 183 g/mol. The lowest BCUT2D eigenvalue weighted by molar-refractivity contribution is -0.144. The minimum Gasteiger partial charge on any atom is -0.370 e. The highest BCUT2D eigenvalue weighted by Crippen LogP contribution is 2.04. The van der Waals surface area contributed by atoms with Crippen LogP contribution in [0.3, 0.4) is 0 Å². The summed E-state index contributed by atoms with van der Waals surface area (Å²) in [6.45, 7) is 9.82. The highest BCUT2D eigenvalue weighted by atomic mass is 16.3. The van der Waals surface area contributed by atoms with Gasteiger partial charge in [-0.2, -0.15) is 0 Å². The van der Waals surface area contributed by atoms with Gasteiger partial charge >= 0.3 is 0 Å². The number of aliphatic hydroxyl groups excluding tert-OH is 2. The molecule has 0 heterocycles. The Labute approximate surface area is 77.1 Å². The molecule has 4 heteroatoms. The smallest absolute Gasteiger partial charge is 0.250 e.